The van der Waals surface area contributed by atoms with Gasteiger partial charge in [0.25, 0.3) is 5.91 Å². The van der Waals surface area contributed by atoms with Gasteiger partial charge in [-0.3, -0.25) is 9.78 Å². The van der Waals surface area contributed by atoms with Gasteiger partial charge in [0.15, 0.2) is 0 Å². The number of carbonyl (C=O) groups excluding carboxylic acids is 1. The Kier molecular flexibility index (Phi) is 4.60. The molecule has 0 saturated heterocycles. The first-order chi connectivity index (χ1) is 10.1. The summed E-state index contributed by atoms with van der Waals surface area (Å²) in [6, 6.07) is 0.666. The number of hydrogen-bond acceptors (Lipinski definition) is 5. The minimum atomic E-state index is -1.05. The van der Waals surface area contributed by atoms with Crippen molar-refractivity contribution >= 4 is 11.9 Å². The predicted molar refractivity (Wildman–Crippen MR) is 73.0 cm³/mol. The van der Waals surface area contributed by atoms with Gasteiger partial charge < -0.3 is 10.4 Å². The van der Waals surface area contributed by atoms with Gasteiger partial charge in [-0.05, 0) is 12.5 Å². The third kappa shape index (κ3) is 3.62. The van der Waals surface area contributed by atoms with Crippen LogP contribution in [0.25, 0.3) is 5.69 Å². The van der Waals surface area contributed by atoms with Crippen LogP contribution in [0.2, 0.25) is 0 Å². The molecule has 1 atom stereocenters. The second kappa shape index (κ2) is 6.60. The number of nitrogens with one attached hydrogen (secondary N) is 1. The molecule has 2 heterocycles. The Morgan fingerprint density at radius 3 is 2.86 bits per heavy atom. The van der Waals surface area contributed by atoms with Crippen molar-refractivity contribution in [2.75, 3.05) is 0 Å². The summed E-state index contributed by atoms with van der Waals surface area (Å²) in [5.41, 5.74) is 0.841. The van der Waals surface area contributed by atoms with E-state index in [0.29, 0.717) is 18.5 Å². The molecule has 2 N–H and O–H groups in total. The molecule has 0 aliphatic rings. The zero-order valence-electron chi connectivity index (χ0n) is 11.4. The highest BCUT2D eigenvalue weighted by Crippen LogP contribution is 2.08. The highest BCUT2D eigenvalue weighted by molar-refractivity contribution is 5.96. The topological polar surface area (TPSA) is 110 Å². The molecule has 21 heavy (non-hydrogen) atoms. The summed E-state index contributed by atoms with van der Waals surface area (Å²) in [6.07, 6.45) is 7.07. The lowest BCUT2D eigenvalue weighted by atomic mass is 10.1. The van der Waals surface area contributed by atoms with Crippen LogP contribution in [-0.4, -0.2) is 43.0 Å². The first-order valence-electron chi connectivity index (χ1n) is 6.47. The molecular formula is C13H15N5O3. The number of carbonyl (C=O) groups is 2. The lowest BCUT2D eigenvalue weighted by Crippen LogP contribution is -2.40. The molecule has 0 fully saturated rings. The normalized spacial score (nSPS) is 11.9. The number of hydrogen-bond donors (Lipinski definition) is 2. The van der Waals surface area contributed by atoms with Crippen LogP contribution in [0.15, 0.2) is 30.9 Å². The van der Waals surface area contributed by atoms with E-state index in [0.717, 1.165) is 0 Å². The maximum atomic E-state index is 12.1. The van der Waals surface area contributed by atoms with Gasteiger partial charge in [-0.15, -0.1) is 5.10 Å². The van der Waals surface area contributed by atoms with Gasteiger partial charge in [-0.25, -0.2) is 9.48 Å². The van der Waals surface area contributed by atoms with Gasteiger partial charge >= 0.3 is 5.97 Å². The van der Waals surface area contributed by atoms with Crippen molar-refractivity contribution in [3.05, 3.63) is 36.4 Å². The number of nitrogens with zero attached hydrogens (tertiary/aromatic N) is 4. The molecule has 2 aromatic rings. The third-order valence-electron chi connectivity index (χ3n) is 2.85. The van der Waals surface area contributed by atoms with Gasteiger partial charge in [0.1, 0.15) is 6.04 Å². The highest BCUT2D eigenvalue weighted by atomic mass is 16.4. The van der Waals surface area contributed by atoms with Crippen LogP contribution < -0.4 is 5.32 Å². The van der Waals surface area contributed by atoms with Gasteiger partial charge in [0.05, 0.1) is 29.8 Å². The van der Waals surface area contributed by atoms with E-state index in [1.165, 1.54) is 23.3 Å². The van der Waals surface area contributed by atoms with Crippen LogP contribution in [0.4, 0.5) is 0 Å². The molecule has 2 aromatic heterocycles. The maximum absolute atomic E-state index is 12.1. The molecule has 0 aliphatic carbocycles. The second-order valence-corrected chi connectivity index (χ2v) is 4.43. The smallest absolute Gasteiger partial charge is 0.326 e. The Labute approximate surface area is 120 Å². The average Bonchev–Trinajstić information content (AvgIpc) is 3.01. The SMILES string of the molecule is CCCC(NC(=O)c1cncc(-n2ccnn2)c1)C(=O)O. The molecule has 0 spiro atoms. The molecule has 0 bridgehead atoms. The number of amides is 1. The summed E-state index contributed by atoms with van der Waals surface area (Å²) in [7, 11) is 0. The quantitative estimate of drug-likeness (QED) is 0.807. The van der Waals surface area contributed by atoms with Crippen molar-refractivity contribution < 1.29 is 14.7 Å². The molecule has 110 valence electrons. The van der Waals surface area contributed by atoms with Crippen molar-refractivity contribution in [1.82, 2.24) is 25.3 Å². The number of rotatable bonds is 6. The summed E-state index contributed by atoms with van der Waals surface area (Å²) < 4.78 is 1.46. The van der Waals surface area contributed by atoms with Crippen LogP contribution in [0.1, 0.15) is 30.1 Å². The van der Waals surface area contributed by atoms with Crippen molar-refractivity contribution in [3.63, 3.8) is 0 Å². The summed E-state index contributed by atoms with van der Waals surface area (Å²) in [4.78, 5) is 27.1. The summed E-state index contributed by atoms with van der Waals surface area (Å²) in [5.74, 6) is -1.53. The van der Waals surface area contributed by atoms with Crippen LogP contribution in [0.5, 0.6) is 0 Å². The number of aromatic nitrogens is 4. The Bertz CT molecular complexity index is 626. The van der Waals surface area contributed by atoms with Crippen LogP contribution in [0.3, 0.4) is 0 Å². The lowest BCUT2D eigenvalue weighted by Gasteiger charge is -2.13. The molecule has 8 nitrogen and oxygen atoms in total. The number of pyridine rings is 1. The number of aliphatic carboxylic acids is 1. The molecule has 0 radical (unpaired) electrons. The van der Waals surface area contributed by atoms with Crippen molar-refractivity contribution in [1.29, 1.82) is 0 Å². The molecule has 1 amide bonds. The summed E-state index contributed by atoms with van der Waals surface area (Å²) >= 11 is 0. The van der Waals surface area contributed by atoms with Crippen molar-refractivity contribution in [2.45, 2.75) is 25.8 Å². The number of carboxylic acids is 1. The Morgan fingerprint density at radius 2 is 2.24 bits per heavy atom. The standard InChI is InChI=1S/C13H15N5O3/c1-2-3-11(13(20)21)16-12(19)9-6-10(8-14-7-9)18-5-4-15-17-18/h4-8,11H,2-3H2,1H3,(H,16,19)(H,20,21). The van der Waals surface area contributed by atoms with E-state index in [2.05, 4.69) is 20.6 Å². The summed E-state index contributed by atoms with van der Waals surface area (Å²) in [5, 5.41) is 19.0. The first-order valence-corrected chi connectivity index (χ1v) is 6.47. The molecule has 8 heteroatoms. The Balaban J connectivity index is 2.16. The Hall–Kier alpha value is -2.77. The van der Waals surface area contributed by atoms with Gasteiger partial charge in [-0.1, -0.05) is 18.6 Å². The van der Waals surface area contributed by atoms with Crippen LogP contribution in [0, 0.1) is 0 Å². The molecular weight excluding hydrogens is 274 g/mol. The van der Waals surface area contributed by atoms with E-state index < -0.39 is 17.9 Å². The molecule has 0 aliphatic heterocycles. The van der Waals surface area contributed by atoms with E-state index in [9.17, 15) is 9.59 Å². The zero-order chi connectivity index (χ0) is 15.2. The molecule has 0 saturated carbocycles. The van der Waals surface area contributed by atoms with Crippen molar-refractivity contribution in [3.8, 4) is 5.69 Å². The largest absolute Gasteiger partial charge is 0.480 e. The summed E-state index contributed by atoms with van der Waals surface area (Å²) in [6.45, 7) is 1.86. The second-order valence-electron chi connectivity index (χ2n) is 4.43. The molecule has 0 aromatic carbocycles. The van der Waals surface area contributed by atoms with E-state index in [-0.39, 0.29) is 5.56 Å². The Morgan fingerprint density at radius 1 is 1.43 bits per heavy atom. The lowest BCUT2D eigenvalue weighted by molar-refractivity contribution is -0.139. The predicted octanol–water partition coefficient (Wildman–Crippen LogP) is 0.645. The van der Waals surface area contributed by atoms with Gasteiger partial charge in [0, 0.05) is 6.20 Å². The van der Waals surface area contributed by atoms with Crippen LogP contribution >= 0.6 is 0 Å². The van der Waals surface area contributed by atoms with Gasteiger partial charge in [-0.2, -0.15) is 0 Å². The van der Waals surface area contributed by atoms with E-state index >= 15 is 0 Å². The highest BCUT2D eigenvalue weighted by Gasteiger charge is 2.20. The van der Waals surface area contributed by atoms with E-state index in [4.69, 9.17) is 5.11 Å². The zero-order valence-corrected chi connectivity index (χ0v) is 11.4. The third-order valence-corrected chi connectivity index (χ3v) is 2.85. The maximum Gasteiger partial charge on any atom is 0.326 e. The van der Waals surface area contributed by atoms with E-state index in [1.807, 2.05) is 6.92 Å². The fourth-order valence-corrected chi connectivity index (χ4v) is 1.81. The monoisotopic (exact) mass is 289 g/mol. The molecule has 2 rings (SSSR count). The number of carboxylic acid groups (broad SMARTS) is 1. The molecule has 1 unspecified atom stereocenters. The first kappa shape index (κ1) is 14.6. The minimum absolute atomic E-state index is 0.269. The van der Waals surface area contributed by atoms with Crippen LogP contribution in [-0.2, 0) is 4.79 Å². The van der Waals surface area contributed by atoms with Gasteiger partial charge in [0.2, 0.25) is 0 Å². The minimum Gasteiger partial charge on any atom is -0.480 e. The van der Waals surface area contributed by atoms with E-state index in [1.54, 1.807) is 12.3 Å². The average molecular weight is 289 g/mol. The van der Waals surface area contributed by atoms with Crippen molar-refractivity contribution in [2.24, 2.45) is 0 Å². The fourth-order valence-electron chi connectivity index (χ4n) is 1.81. The fraction of sp³-hybridized carbons (Fsp3) is 0.308.